The number of halogens is 3. The molecule has 7 aromatic carbocycles. The van der Waals surface area contributed by atoms with Crippen molar-refractivity contribution in [1.29, 1.82) is 0 Å². The molecule has 0 aliphatic carbocycles. The summed E-state index contributed by atoms with van der Waals surface area (Å²) in [7, 11) is -4.74. The number of nitrogens with one attached hydrogen (secondary N) is 2. The number of unbranched alkanes of at least 4 members (excludes halogenated alkanes) is 8. The molecule has 2 aliphatic heterocycles. The molecule has 2 saturated heterocycles. The van der Waals surface area contributed by atoms with Gasteiger partial charge in [0, 0.05) is 0 Å². The van der Waals surface area contributed by atoms with Gasteiger partial charge in [-0.1, -0.05) is 318 Å². The number of hydrogen-bond donors (Lipinski definition) is 2. The van der Waals surface area contributed by atoms with E-state index in [1.165, 1.54) is 38.5 Å². The van der Waals surface area contributed by atoms with Gasteiger partial charge in [-0.05, 0) is 45.4 Å². The molecule has 2 fully saturated rings. The van der Waals surface area contributed by atoms with E-state index in [1.807, 2.05) is 212 Å². The van der Waals surface area contributed by atoms with Crippen LogP contribution in [-0.4, -0.2) is 110 Å². The first kappa shape index (κ1) is 80.7. The van der Waals surface area contributed by atoms with E-state index in [1.54, 1.807) is 6.08 Å². The summed E-state index contributed by atoms with van der Waals surface area (Å²) in [5.74, 6) is -0.315. The highest BCUT2D eigenvalue weighted by atomic mass is 35.6. The van der Waals surface area contributed by atoms with E-state index in [0.29, 0.717) is 24.2 Å². The van der Waals surface area contributed by atoms with Gasteiger partial charge in [-0.3, -0.25) is 18.4 Å². The fourth-order valence-electron chi connectivity index (χ4n) is 12.1. The van der Waals surface area contributed by atoms with Crippen molar-refractivity contribution in [3.05, 3.63) is 264 Å². The number of alkyl halides is 3. The number of rotatable bonds is 45. The van der Waals surface area contributed by atoms with Crippen molar-refractivity contribution < 1.29 is 75.1 Å². The minimum Gasteiger partial charge on any atom is -0.445 e. The molecular weight excluding hydrogens is 1390 g/mol. The monoisotopic (exact) mass is 1490 g/mol. The lowest BCUT2D eigenvalue weighted by molar-refractivity contribution is -0.313. The van der Waals surface area contributed by atoms with Gasteiger partial charge in [0.05, 0.1) is 78.6 Å². The Morgan fingerprint density at radius 3 is 1.35 bits per heavy atom. The minimum atomic E-state index is -4.74. The molecule has 0 unspecified atom stereocenters. The summed E-state index contributed by atoms with van der Waals surface area (Å²) in [5.41, 5.74) is 5.58. The third kappa shape index (κ3) is 28.8. The average molecular weight is 1490 g/mol. The van der Waals surface area contributed by atoms with Gasteiger partial charge in [0.2, 0.25) is 9.70 Å². The van der Waals surface area contributed by atoms with Gasteiger partial charge in [0.1, 0.15) is 55.3 Å². The quantitative estimate of drug-likeness (QED) is 0.0158. The van der Waals surface area contributed by atoms with E-state index in [-0.39, 0.29) is 71.8 Å². The Hall–Kier alpha value is -6.36. The molecule has 0 spiro atoms. The van der Waals surface area contributed by atoms with Crippen LogP contribution in [0.25, 0.3) is 0 Å². The molecule has 2 heterocycles. The Bertz CT molecular complexity index is 3480. The molecule has 9 rings (SSSR count). The molecule has 0 bridgehead atoms. The minimum absolute atomic E-state index is 0.00146. The molecule has 2 amide bonds. The standard InChI is InChI=1S/C81H98Cl3N2O16P/c1-3-5-6-7-8-9-10-11-33-48-68(92-52-62-36-21-13-22-37-62)50-71(87)85-72-76(94-54-64-40-25-15-26-41-64)74(93-53-63-38-23-14-24-39-63)70(101-78(72)91-49-4-2)59-96-79-73(86-80(88)97-60-81(82,83)84)77(95-55-65-42-27-16-28-43-65)75(69(100-79)58-90-51-61-34-19-12-20-35-61)102-103(89,98-56-66-44-29-17-30-45-66)99-57-67-46-31-18-32-47-67/h4,12-32,34-47,68-70,72-79H,2-3,5-11,33,48-60H2,1H3,(H,85,87)(H,86,88)/t68-,69-,70-,72-,73-,74-,75-,76-,77-,78+,79-/m1/s1. The van der Waals surface area contributed by atoms with Crippen molar-refractivity contribution in [3.63, 3.8) is 0 Å². The van der Waals surface area contributed by atoms with Gasteiger partial charge in [-0.25, -0.2) is 9.36 Å². The molecule has 103 heavy (non-hydrogen) atoms. The molecule has 0 saturated carbocycles. The van der Waals surface area contributed by atoms with Crippen LogP contribution in [0.3, 0.4) is 0 Å². The summed E-state index contributed by atoms with van der Waals surface area (Å²) in [5, 5.41) is 6.20. The Morgan fingerprint density at radius 2 is 0.883 bits per heavy atom. The number of alkyl carbamates (subject to hydrolysis) is 1. The van der Waals surface area contributed by atoms with Crippen molar-refractivity contribution in [1.82, 2.24) is 10.6 Å². The van der Waals surface area contributed by atoms with Crippen molar-refractivity contribution in [2.45, 2.75) is 195 Å². The zero-order valence-corrected chi connectivity index (χ0v) is 61.7. The highest BCUT2D eigenvalue weighted by Gasteiger charge is 2.54. The molecular formula is C81H98Cl3N2O16P. The maximum atomic E-state index is 15.8. The third-order valence-corrected chi connectivity index (χ3v) is 19.1. The molecule has 0 aromatic heterocycles. The fraction of sp³-hybridized carbons (Fsp3) is 0.432. The average Bonchev–Trinajstić information content (AvgIpc) is 0.776. The number of amides is 2. The smallest absolute Gasteiger partial charge is 0.445 e. The maximum absolute atomic E-state index is 15.8. The van der Waals surface area contributed by atoms with Crippen LogP contribution in [0.2, 0.25) is 0 Å². The van der Waals surface area contributed by atoms with Gasteiger partial charge in [0.15, 0.2) is 12.6 Å². The number of ether oxygens (including phenoxy) is 10. The molecule has 7 aromatic rings. The molecule has 11 atom stereocenters. The second-order valence-electron chi connectivity index (χ2n) is 25.6. The summed E-state index contributed by atoms with van der Waals surface area (Å²) < 4.78 is 101. The SMILES string of the molecule is C=CCO[C@H]1O[C@H](CO[C@@H]2O[C@H](COCc3ccccc3)[C@@H](OP(=O)(OCc3ccccc3)OCc3ccccc3)[C@H](OCc3ccccc3)[C@H]2NC(=O)OCC(Cl)(Cl)Cl)[C@@H](OCc2ccccc2)[C@H](OCc2ccccc2)[C@H]1NC(=O)C[C@@H](CCCCCCCCCCC)OCc1ccccc1. The zero-order chi connectivity index (χ0) is 72.2. The van der Waals surface area contributed by atoms with Gasteiger partial charge in [-0.15, -0.1) is 6.58 Å². The second kappa shape index (κ2) is 44.6. The van der Waals surface area contributed by atoms with Crippen molar-refractivity contribution in [2.75, 3.05) is 26.4 Å². The molecule has 18 nitrogen and oxygen atoms in total. The van der Waals surface area contributed by atoms with Crippen LogP contribution in [0.1, 0.15) is 116 Å². The number of phosphoric ester groups is 1. The van der Waals surface area contributed by atoms with Crippen LogP contribution in [0.15, 0.2) is 225 Å². The van der Waals surface area contributed by atoms with Crippen molar-refractivity contribution in [2.24, 2.45) is 0 Å². The summed E-state index contributed by atoms with van der Waals surface area (Å²) in [6.07, 6.45) is 1.14. The van der Waals surface area contributed by atoms with Crippen molar-refractivity contribution in [3.8, 4) is 0 Å². The first-order valence-electron chi connectivity index (χ1n) is 35.6. The molecule has 2 N–H and O–H groups in total. The highest BCUT2D eigenvalue weighted by Crippen LogP contribution is 2.54. The maximum Gasteiger partial charge on any atom is 0.475 e. The zero-order valence-electron chi connectivity index (χ0n) is 58.5. The van der Waals surface area contributed by atoms with E-state index in [4.69, 9.17) is 95.7 Å². The summed E-state index contributed by atoms with van der Waals surface area (Å²) >= 11 is 18.6. The van der Waals surface area contributed by atoms with Gasteiger partial charge in [-0.2, -0.15) is 0 Å². The van der Waals surface area contributed by atoms with E-state index in [0.717, 1.165) is 47.1 Å². The lowest BCUT2D eigenvalue weighted by atomic mass is 9.95. The predicted molar refractivity (Wildman–Crippen MR) is 397 cm³/mol. The van der Waals surface area contributed by atoms with Crippen LogP contribution < -0.4 is 10.6 Å². The Balaban J connectivity index is 1.08. The Kier molecular flexibility index (Phi) is 34.9. The van der Waals surface area contributed by atoms with Gasteiger partial charge < -0.3 is 58.0 Å². The van der Waals surface area contributed by atoms with E-state index >= 15 is 9.36 Å². The Labute approximate surface area is 622 Å². The predicted octanol–water partition coefficient (Wildman–Crippen LogP) is 17.4. The molecule has 554 valence electrons. The number of carbonyl (C=O) groups excluding carboxylic acids is 2. The van der Waals surface area contributed by atoms with Crippen LogP contribution in [0, 0.1) is 0 Å². The lowest BCUT2D eigenvalue weighted by Gasteiger charge is -2.48. The topological polar surface area (TPSA) is 195 Å². The molecule has 2 aliphatic rings. The van der Waals surface area contributed by atoms with Crippen LogP contribution in [-0.2, 0) is 117 Å². The fourth-order valence-corrected chi connectivity index (χ4v) is 13.6. The number of phosphoric acid groups is 1. The molecule has 22 heteroatoms. The number of benzene rings is 7. The second-order valence-corrected chi connectivity index (χ2v) is 29.7. The van der Waals surface area contributed by atoms with E-state index in [2.05, 4.69) is 24.1 Å². The van der Waals surface area contributed by atoms with Crippen molar-refractivity contribution >= 4 is 54.6 Å². The summed E-state index contributed by atoms with van der Waals surface area (Å²) in [6.45, 7) is 5.04. The Morgan fingerprint density at radius 1 is 0.485 bits per heavy atom. The number of hydrogen-bond acceptors (Lipinski definition) is 16. The number of carbonyl (C=O) groups is 2. The summed E-state index contributed by atoms with van der Waals surface area (Å²) in [6, 6.07) is 63.8. The van der Waals surface area contributed by atoms with Crippen LogP contribution >= 0.6 is 42.6 Å². The third-order valence-electron chi connectivity index (χ3n) is 17.4. The largest absolute Gasteiger partial charge is 0.475 e. The van der Waals surface area contributed by atoms with Gasteiger partial charge in [0.25, 0.3) is 0 Å². The van der Waals surface area contributed by atoms with Crippen LogP contribution in [0.4, 0.5) is 4.79 Å². The normalized spacial score (nSPS) is 20.9. The van der Waals surface area contributed by atoms with E-state index in [9.17, 15) is 4.79 Å². The highest BCUT2D eigenvalue weighted by molar-refractivity contribution is 7.48. The van der Waals surface area contributed by atoms with E-state index < -0.39 is 91.7 Å². The molecule has 0 radical (unpaired) electrons. The van der Waals surface area contributed by atoms with Gasteiger partial charge >= 0.3 is 13.9 Å². The van der Waals surface area contributed by atoms with Crippen LogP contribution in [0.5, 0.6) is 0 Å². The first-order valence-corrected chi connectivity index (χ1v) is 38.2. The summed E-state index contributed by atoms with van der Waals surface area (Å²) in [4.78, 5) is 29.5. The first-order chi connectivity index (χ1) is 50.3. The lowest BCUT2D eigenvalue weighted by Crippen LogP contribution is -2.68.